The van der Waals surface area contributed by atoms with Crippen molar-refractivity contribution in [3.63, 3.8) is 0 Å². The zero-order valence-electron chi connectivity index (χ0n) is 9.09. The van der Waals surface area contributed by atoms with Crippen molar-refractivity contribution in [2.24, 2.45) is 0 Å². The molecule has 0 N–H and O–H groups in total. The first kappa shape index (κ1) is 13.7. The molecule has 2 rings (SSSR count). The van der Waals surface area contributed by atoms with Crippen LogP contribution in [0.4, 0.5) is 4.39 Å². The van der Waals surface area contributed by atoms with E-state index >= 15 is 0 Å². The Kier molecular flexibility index (Phi) is 4.49. The minimum Gasteiger partial charge on any atom is -0.489 e. The minimum absolute atomic E-state index is 0.233. The maximum absolute atomic E-state index is 13.0. The SMILES string of the molecule is Fc1ccc(OCc2c(Cl)cccc2Cl)cc1Br. The molecule has 0 saturated heterocycles. The van der Waals surface area contributed by atoms with E-state index in [1.165, 1.54) is 6.07 Å². The van der Waals surface area contributed by atoms with Crippen LogP contribution in [0.2, 0.25) is 10.0 Å². The minimum atomic E-state index is -0.335. The largest absolute Gasteiger partial charge is 0.489 e. The Morgan fingerprint density at radius 3 is 2.39 bits per heavy atom. The third-order valence-electron chi connectivity index (χ3n) is 2.34. The zero-order chi connectivity index (χ0) is 13.1. The van der Waals surface area contributed by atoms with Gasteiger partial charge >= 0.3 is 0 Å². The molecule has 0 aliphatic heterocycles. The standard InChI is InChI=1S/C13H8BrCl2FO/c14-10-6-8(4-5-13(10)17)18-7-9-11(15)2-1-3-12(9)16/h1-6H,7H2. The van der Waals surface area contributed by atoms with Crippen molar-refractivity contribution < 1.29 is 9.13 Å². The van der Waals surface area contributed by atoms with Gasteiger partial charge in [-0.25, -0.2) is 4.39 Å². The van der Waals surface area contributed by atoms with Crippen LogP contribution in [0.25, 0.3) is 0 Å². The molecule has 5 heteroatoms. The van der Waals surface area contributed by atoms with Crippen LogP contribution in [-0.2, 0) is 6.61 Å². The first-order chi connectivity index (χ1) is 8.58. The second kappa shape index (κ2) is 5.91. The van der Waals surface area contributed by atoms with Gasteiger partial charge in [-0.3, -0.25) is 0 Å². The summed E-state index contributed by atoms with van der Waals surface area (Å²) >= 11 is 15.1. The van der Waals surface area contributed by atoms with E-state index in [4.69, 9.17) is 27.9 Å². The van der Waals surface area contributed by atoms with Crippen LogP contribution in [0.3, 0.4) is 0 Å². The van der Waals surface area contributed by atoms with E-state index < -0.39 is 0 Å². The quantitative estimate of drug-likeness (QED) is 0.713. The van der Waals surface area contributed by atoms with Crippen molar-refractivity contribution in [3.05, 3.63) is 62.3 Å². The van der Waals surface area contributed by atoms with Gasteiger partial charge in [0.2, 0.25) is 0 Å². The fourth-order valence-electron chi connectivity index (χ4n) is 1.39. The third kappa shape index (κ3) is 3.16. The Morgan fingerprint density at radius 1 is 1.11 bits per heavy atom. The molecule has 1 nitrogen and oxygen atoms in total. The van der Waals surface area contributed by atoms with Crippen molar-refractivity contribution in [2.75, 3.05) is 0 Å². The maximum Gasteiger partial charge on any atom is 0.137 e. The molecule has 2 aromatic carbocycles. The maximum atomic E-state index is 13.0. The van der Waals surface area contributed by atoms with Gasteiger partial charge in [0.15, 0.2) is 0 Å². The average Bonchev–Trinajstić information content (AvgIpc) is 2.33. The van der Waals surface area contributed by atoms with Gasteiger partial charge in [-0.05, 0) is 46.3 Å². The molecule has 0 atom stereocenters. The summed E-state index contributed by atoms with van der Waals surface area (Å²) in [6, 6.07) is 9.68. The highest BCUT2D eigenvalue weighted by Gasteiger charge is 2.07. The van der Waals surface area contributed by atoms with Gasteiger partial charge in [-0.2, -0.15) is 0 Å². The smallest absolute Gasteiger partial charge is 0.137 e. The molecule has 0 fully saturated rings. The summed E-state index contributed by atoms with van der Waals surface area (Å²) in [6.45, 7) is 0.233. The summed E-state index contributed by atoms with van der Waals surface area (Å²) in [7, 11) is 0. The van der Waals surface area contributed by atoms with Crippen LogP contribution in [0.1, 0.15) is 5.56 Å². The molecule has 0 aliphatic rings. The highest BCUT2D eigenvalue weighted by molar-refractivity contribution is 9.10. The number of hydrogen-bond acceptors (Lipinski definition) is 1. The van der Waals surface area contributed by atoms with Gasteiger partial charge in [0.1, 0.15) is 18.2 Å². The molecule has 0 aliphatic carbocycles. The van der Waals surface area contributed by atoms with E-state index in [0.717, 1.165) is 0 Å². The highest BCUT2D eigenvalue weighted by Crippen LogP contribution is 2.27. The van der Waals surface area contributed by atoms with Crippen LogP contribution in [-0.4, -0.2) is 0 Å². The Balaban J connectivity index is 2.14. The predicted molar refractivity (Wildman–Crippen MR) is 74.9 cm³/mol. The zero-order valence-corrected chi connectivity index (χ0v) is 12.2. The third-order valence-corrected chi connectivity index (χ3v) is 3.65. The molecule has 0 saturated carbocycles. The van der Waals surface area contributed by atoms with Crippen molar-refractivity contribution in [3.8, 4) is 5.75 Å². The van der Waals surface area contributed by atoms with Crippen molar-refractivity contribution in [1.82, 2.24) is 0 Å². The fourth-order valence-corrected chi connectivity index (χ4v) is 2.26. The van der Waals surface area contributed by atoms with E-state index in [9.17, 15) is 4.39 Å². The number of benzene rings is 2. The monoisotopic (exact) mass is 348 g/mol. The van der Waals surface area contributed by atoms with Gasteiger partial charge in [0.25, 0.3) is 0 Å². The van der Waals surface area contributed by atoms with Crippen LogP contribution in [0.5, 0.6) is 5.75 Å². The first-order valence-corrected chi connectivity index (χ1v) is 6.63. The van der Waals surface area contributed by atoms with Crippen LogP contribution >= 0.6 is 39.1 Å². The summed E-state index contributed by atoms with van der Waals surface area (Å²) in [4.78, 5) is 0. The fraction of sp³-hybridized carbons (Fsp3) is 0.0769. The number of rotatable bonds is 3. The van der Waals surface area contributed by atoms with Gasteiger partial charge in [-0.1, -0.05) is 29.3 Å². The molecule has 94 valence electrons. The van der Waals surface area contributed by atoms with Crippen LogP contribution in [0, 0.1) is 5.82 Å². The number of hydrogen-bond donors (Lipinski definition) is 0. The molecular formula is C13H8BrCl2FO. The lowest BCUT2D eigenvalue weighted by molar-refractivity contribution is 0.305. The van der Waals surface area contributed by atoms with Crippen LogP contribution in [0.15, 0.2) is 40.9 Å². The first-order valence-electron chi connectivity index (χ1n) is 5.08. The molecule has 0 aromatic heterocycles. The van der Waals surface area contributed by atoms with E-state index in [0.29, 0.717) is 25.8 Å². The molecule has 0 spiro atoms. The summed E-state index contributed by atoms with van der Waals surface area (Å²) in [6.07, 6.45) is 0. The van der Waals surface area contributed by atoms with E-state index in [1.807, 2.05) is 0 Å². The normalized spacial score (nSPS) is 10.4. The van der Waals surface area contributed by atoms with E-state index in [1.54, 1.807) is 30.3 Å². The van der Waals surface area contributed by atoms with E-state index in [2.05, 4.69) is 15.9 Å². The van der Waals surface area contributed by atoms with Gasteiger partial charge in [0.05, 0.1) is 4.47 Å². The second-order valence-corrected chi connectivity index (χ2v) is 5.23. The Bertz CT molecular complexity index is 555. The summed E-state index contributed by atoms with van der Waals surface area (Å²) in [5, 5.41) is 1.09. The molecule has 0 bridgehead atoms. The Labute approximate surface area is 123 Å². The molecule has 0 radical (unpaired) electrons. The lowest BCUT2D eigenvalue weighted by Crippen LogP contribution is -1.97. The van der Waals surface area contributed by atoms with E-state index in [-0.39, 0.29) is 12.4 Å². The van der Waals surface area contributed by atoms with Gasteiger partial charge in [-0.15, -0.1) is 0 Å². The van der Waals surface area contributed by atoms with Crippen molar-refractivity contribution >= 4 is 39.1 Å². The second-order valence-electron chi connectivity index (χ2n) is 3.56. The molecule has 0 unspecified atom stereocenters. The summed E-state index contributed by atoms with van der Waals surface area (Å²) in [5.41, 5.74) is 0.710. The molecule has 2 aromatic rings. The Morgan fingerprint density at radius 2 is 1.78 bits per heavy atom. The van der Waals surface area contributed by atoms with Crippen LogP contribution < -0.4 is 4.74 Å². The van der Waals surface area contributed by atoms with Gasteiger partial charge in [0, 0.05) is 15.6 Å². The molecule has 0 heterocycles. The van der Waals surface area contributed by atoms with Gasteiger partial charge < -0.3 is 4.74 Å². The van der Waals surface area contributed by atoms with Crippen molar-refractivity contribution in [1.29, 1.82) is 0 Å². The van der Waals surface area contributed by atoms with Crippen molar-refractivity contribution in [2.45, 2.75) is 6.61 Å². The molecule has 18 heavy (non-hydrogen) atoms. The number of halogens is 4. The lowest BCUT2D eigenvalue weighted by Gasteiger charge is -2.09. The molecule has 0 amide bonds. The highest BCUT2D eigenvalue weighted by atomic mass is 79.9. The topological polar surface area (TPSA) is 9.23 Å². The Hall–Kier alpha value is -0.770. The molecular weight excluding hydrogens is 342 g/mol. The number of ether oxygens (including phenoxy) is 1. The summed E-state index contributed by atoms with van der Waals surface area (Å²) in [5.74, 6) is 0.206. The summed E-state index contributed by atoms with van der Waals surface area (Å²) < 4.78 is 18.9. The predicted octanol–water partition coefficient (Wildman–Crippen LogP) is 5.47. The lowest BCUT2D eigenvalue weighted by atomic mass is 10.2. The average molecular weight is 350 g/mol.